The third kappa shape index (κ3) is 4.00. The quantitative estimate of drug-likeness (QED) is 0.651. The van der Waals surface area contributed by atoms with E-state index in [1.54, 1.807) is 4.90 Å². The van der Waals surface area contributed by atoms with Crippen LogP contribution in [0.3, 0.4) is 0 Å². The van der Waals surface area contributed by atoms with Crippen LogP contribution >= 0.6 is 0 Å². The zero-order valence-electron chi connectivity index (χ0n) is 15.9. The zero-order valence-corrected chi connectivity index (χ0v) is 15.9. The van der Waals surface area contributed by atoms with E-state index in [2.05, 4.69) is 9.72 Å². The first-order valence-corrected chi connectivity index (χ1v) is 8.63. The second-order valence-corrected chi connectivity index (χ2v) is 7.24. The van der Waals surface area contributed by atoms with Gasteiger partial charge in [-0.1, -0.05) is 30.3 Å². The molecule has 1 aromatic heterocycles. The lowest BCUT2D eigenvalue weighted by Gasteiger charge is -2.35. The summed E-state index contributed by atoms with van der Waals surface area (Å²) >= 11 is 0. The molecule has 0 aliphatic rings. The summed E-state index contributed by atoms with van der Waals surface area (Å²) in [4.78, 5) is 30.6. The fourth-order valence-corrected chi connectivity index (χ4v) is 2.81. The van der Waals surface area contributed by atoms with E-state index in [-0.39, 0.29) is 24.0 Å². The number of nitrogens with zero attached hydrogens (tertiary/aromatic N) is 2. The van der Waals surface area contributed by atoms with Crippen LogP contribution in [0.25, 0.3) is 10.8 Å². The average molecular weight is 366 g/mol. The number of carbonyl (C=O) groups excluding carboxylic acids is 2. The van der Waals surface area contributed by atoms with Crippen molar-refractivity contribution in [2.24, 2.45) is 0 Å². The Morgan fingerprint density at radius 1 is 1.11 bits per heavy atom. The Hall–Kier alpha value is -3.15. The number of esters is 1. The monoisotopic (exact) mass is 366 g/mol. The van der Waals surface area contributed by atoms with Gasteiger partial charge in [0.2, 0.25) is 5.89 Å². The lowest BCUT2D eigenvalue weighted by Crippen LogP contribution is -2.45. The van der Waals surface area contributed by atoms with Gasteiger partial charge in [0.05, 0.1) is 13.7 Å². The molecular formula is C21H22N2O4. The first-order valence-electron chi connectivity index (χ1n) is 8.63. The molecule has 140 valence electrons. The summed E-state index contributed by atoms with van der Waals surface area (Å²) in [6, 6.07) is 13.5. The van der Waals surface area contributed by atoms with Crippen LogP contribution in [0.2, 0.25) is 0 Å². The molecule has 0 fully saturated rings. The third-order valence-corrected chi connectivity index (χ3v) is 4.29. The Morgan fingerprint density at radius 2 is 1.81 bits per heavy atom. The van der Waals surface area contributed by atoms with Gasteiger partial charge >= 0.3 is 5.97 Å². The first kappa shape index (κ1) is 18.6. The fraction of sp³-hybridized carbons (Fsp3) is 0.286. The van der Waals surface area contributed by atoms with Crippen molar-refractivity contribution in [3.8, 4) is 0 Å². The highest BCUT2D eigenvalue weighted by molar-refractivity contribution is 5.98. The van der Waals surface area contributed by atoms with Gasteiger partial charge in [-0.15, -0.1) is 0 Å². The predicted octanol–water partition coefficient (Wildman–Crippen LogP) is 4.06. The van der Waals surface area contributed by atoms with Crippen molar-refractivity contribution in [2.45, 2.75) is 32.9 Å². The van der Waals surface area contributed by atoms with E-state index in [1.165, 1.54) is 13.4 Å². The van der Waals surface area contributed by atoms with E-state index >= 15 is 0 Å². The molecule has 1 heterocycles. The van der Waals surface area contributed by atoms with Gasteiger partial charge in [-0.3, -0.25) is 4.79 Å². The second kappa shape index (κ2) is 7.23. The molecule has 6 nitrogen and oxygen atoms in total. The minimum atomic E-state index is -0.576. The van der Waals surface area contributed by atoms with Crippen molar-refractivity contribution in [3.63, 3.8) is 0 Å². The molecule has 6 heteroatoms. The molecule has 0 unspecified atom stereocenters. The highest BCUT2D eigenvalue weighted by Crippen LogP contribution is 2.23. The highest BCUT2D eigenvalue weighted by Gasteiger charge is 2.29. The number of aromatic nitrogens is 1. The van der Waals surface area contributed by atoms with Crippen LogP contribution in [-0.2, 0) is 11.3 Å². The van der Waals surface area contributed by atoms with Crippen molar-refractivity contribution in [1.29, 1.82) is 0 Å². The van der Waals surface area contributed by atoms with Gasteiger partial charge in [0.25, 0.3) is 5.91 Å². The number of hydrogen-bond acceptors (Lipinski definition) is 5. The van der Waals surface area contributed by atoms with E-state index in [1.807, 2.05) is 63.2 Å². The molecule has 0 bridgehead atoms. The number of fused-ring (bicyclic) bond motifs is 1. The van der Waals surface area contributed by atoms with Gasteiger partial charge in [-0.05, 0) is 43.7 Å². The molecule has 3 rings (SSSR count). The third-order valence-electron chi connectivity index (χ3n) is 4.29. The van der Waals surface area contributed by atoms with Crippen molar-refractivity contribution in [1.82, 2.24) is 9.88 Å². The summed E-state index contributed by atoms with van der Waals surface area (Å²) in [5, 5.41) is 2.08. The summed E-state index contributed by atoms with van der Waals surface area (Å²) in [5.74, 6) is -0.432. The van der Waals surface area contributed by atoms with Crippen LogP contribution in [0, 0.1) is 0 Å². The molecule has 27 heavy (non-hydrogen) atoms. The summed E-state index contributed by atoms with van der Waals surface area (Å²) < 4.78 is 10.0. The van der Waals surface area contributed by atoms with E-state index in [4.69, 9.17) is 4.42 Å². The molecule has 0 aliphatic carbocycles. The van der Waals surface area contributed by atoms with Crippen molar-refractivity contribution in [3.05, 3.63) is 65.9 Å². The number of amides is 1. The molecule has 0 atom stereocenters. The van der Waals surface area contributed by atoms with E-state index in [0.717, 1.165) is 10.8 Å². The molecule has 0 radical (unpaired) electrons. The number of oxazole rings is 1. The Morgan fingerprint density at radius 3 is 2.48 bits per heavy atom. The molecule has 1 amide bonds. The SMILES string of the molecule is COC(=O)c1coc(CN(C(=O)c2ccc3ccccc3c2)C(C)(C)C)n1. The Bertz CT molecular complexity index is 985. The van der Waals surface area contributed by atoms with Gasteiger partial charge < -0.3 is 14.1 Å². The number of ether oxygens (including phenoxy) is 1. The Balaban J connectivity index is 1.90. The first-order chi connectivity index (χ1) is 12.8. The van der Waals surface area contributed by atoms with E-state index in [0.29, 0.717) is 5.56 Å². The number of hydrogen-bond donors (Lipinski definition) is 0. The maximum atomic E-state index is 13.2. The summed E-state index contributed by atoms with van der Waals surface area (Å²) in [5.41, 5.74) is 0.200. The fourth-order valence-electron chi connectivity index (χ4n) is 2.81. The van der Waals surface area contributed by atoms with Crippen molar-refractivity contribution >= 4 is 22.6 Å². The second-order valence-electron chi connectivity index (χ2n) is 7.24. The molecule has 0 spiro atoms. The normalized spacial score (nSPS) is 11.4. The van der Waals surface area contributed by atoms with Crippen molar-refractivity contribution in [2.75, 3.05) is 7.11 Å². The molecule has 3 aromatic rings. The topological polar surface area (TPSA) is 72.6 Å². The molecule has 2 aromatic carbocycles. The summed E-state index contributed by atoms with van der Waals surface area (Å²) in [6.45, 7) is 5.97. The van der Waals surface area contributed by atoms with Gasteiger partial charge in [0.1, 0.15) is 6.26 Å². The number of carbonyl (C=O) groups is 2. The van der Waals surface area contributed by atoms with Crippen LogP contribution in [0.1, 0.15) is 47.5 Å². The molecule has 0 saturated heterocycles. The Kier molecular flexibility index (Phi) is 4.99. The lowest BCUT2D eigenvalue weighted by molar-refractivity contribution is 0.0533. The minimum Gasteiger partial charge on any atom is -0.464 e. The smallest absolute Gasteiger partial charge is 0.360 e. The number of rotatable bonds is 4. The van der Waals surface area contributed by atoms with Crippen molar-refractivity contribution < 1.29 is 18.7 Å². The molecule has 0 aliphatic heterocycles. The maximum Gasteiger partial charge on any atom is 0.360 e. The predicted molar refractivity (Wildman–Crippen MR) is 101 cm³/mol. The molecule has 0 N–H and O–H groups in total. The average Bonchev–Trinajstić information content (AvgIpc) is 3.12. The van der Waals surface area contributed by atoms with Crippen LogP contribution in [0.4, 0.5) is 0 Å². The van der Waals surface area contributed by atoms with Crippen LogP contribution in [-0.4, -0.2) is 34.4 Å². The Labute approximate surface area is 157 Å². The standard InChI is InChI=1S/C21H22N2O4/c1-21(2,3)23(12-18-22-17(13-27-18)20(25)26-4)19(24)16-10-9-14-7-5-6-8-15(14)11-16/h5-11,13H,12H2,1-4H3. The zero-order chi connectivity index (χ0) is 19.6. The largest absolute Gasteiger partial charge is 0.464 e. The molecule has 0 saturated carbocycles. The van der Waals surface area contributed by atoms with Crippen LogP contribution in [0.5, 0.6) is 0 Å². The number of methoxy groups -OCH3 is 1. The van der Waals surface area contributed by atoms with Crippen LogP contribution < -0.4 is 0 Å². The van der Waals surface area contributed by atoms with Gasteiger partial charge in [0, 0.05) is 11.1 Å². The van der Waals surface area contributed by atoms with Gasteiger partial charge in [-0.25, -0.2) is 9.78 Å². The van der Waals surface area contributed by atoms with Gasteiger partial charge in [0.15, 0.2) is 5.69 Å². The van der Waals surface area contributed by atoms with Crippen LogP contribution in [0.15, 0.2) is 53.1 Å². The van der Waals surface area contributed by atoms with E-state index < -0.39 is 11.5 Å². The highest BCUT2D eigenvalue weighted by atomic mass is 16.5. The van der Waals surface area contributed by atoms with E-state index in [9.17, 15) is 9.59 Å². The summed E-state index contributed by atoms with van der Waals surface area (Å²) in [6.07, 6.45) is 1.24. The van der Waals surface area contributed by atoms with Gasteiger partial charge in [-0.2, -0.15) is 0 Å². The number of benzene rings is 2. The maximum absolute atomic E-state index is 13.2. The lowest BCUT2D eigenvalue weighted by atomic mass is 10.0. The summed E-state index contributed by atoms with van der Waals surface area (Å²) in [7, 11) is 1.28. The minimum absolute atomic E-state index is 0.0829. The molecular weight excluding hydrogens is 344 g/mol.